The highest BCUT2D eigenvalue weighted by Gasteiger charge is 2.25. The van der Waals surface area contributed by atoms with Gasteiger partial charge in [0, 0.05) is 5.56 Å². The van der Waals surface area contributed by atoms with E-state index in [0.717, 1.165) is 12.1 Å². The SMILES string of the molecule is CC(C)(C)[NH+](CC#C[C@@](C)(O)c1ccccc1)Cc1ccccc1. The van der Waals surface area contributed by atoms with E-state index in [-0.39, 0.29) is 5.54 Å². The molecule has 0 aliphatic heterocycles. The van der Waals surface area contributed by atoms with Crippen LogP contribution in [0.5, 0.6) is 0 Å². The number of benzene rings is 2. The molecule has 24 heavy (non-hydrogen) atoms. The molecular formula is C22H28NO+. The van der Waals surface area contributed by atoms with E-state index in [2.05, 4.69) is 56.9 Å². The average molecular weight is 322 g/mol. The van der Waals surface area contributed by atoms with E-state index in [1.165, 1.54) is 10.5 Å². The van der Waals surface area contributed by atoms with Crippen molar-refractivity contribution in [1.29, 1.82) is 0 Å². The molecule has 0 saturated carbocycles. The highest BCUT2D eigenvalue weighted by molar-refractivity contribution is 5.30. The minimum absolute atomic E-state index is 0.0864. The molecule has 0 aliphatic rings. The molecule has 2 N–H and O–H groups in total. The summed E-state index contributed by atoms with van der Waals surface area (Å²) >= 11 is 0. The van der Waals surface area contributed by atoms with E-state index in [1.54, 1.807) is 6.92 Å². The van der Waals surface area contributed by atoms with Gasteiger partial charge in [-0.25, -0.2) is 0 Å². The molecular weight excluding hydrogens is 294 g/mol. The van der Waals surface area contributed by atoms with E-state index in [9.17, 15) is 5.11 Å². The molecule has 0 radical (unpaired) electrons. The number of rotatable bonds is 4. The molecule has 2 rings (SSSR count). The molecule has 2 aromatic rings. The molecule has 0 aromatic heterocycles. The fourth-order valence-corrected chi connectivity index (χ4v) is 2.59. The van der Waals surface area contributed by atoms with Gasteiger partial charge in [0.1, 0.15) is 18.7 Å². The van der Waals surface area contributed by atoms with Crippen LogP contribution in [-0.2, 0) is 12.1 Å². The van der Waals surface area contributed by atoms with Crippen molar-refractivity contribution in [1.82, 2.24) is 0 Å². The van der Waals surface area contributed by atoms with Gasteiger partial charge in [0.25, 0.3) is 0 Å². The average Bonchev–Trinajstić information content (AvgIpc) is 2.55. The van der Waals surface area contributed by atoms with Crippen LogP contribution in [0, 0.1) is 11.8 Å². The van der Waals surface area contributed by atoms with Crippen LogP contribution in [0.3, 0.4) is 0 Å². The number of aliphatic hydroxyl groups is 1. The van der Waals surface area contributed by atoms with Gasteiger partial charge in [0.05, 0.1) is 5.54 Å². The van der Waals surface area contributed by atoms with Crippen LogP contribution < -0.4 is 4.90 Å². The molecule has 0 amide bonds. The fraction of sp³-hybridized carbons (Fsp3) is 0.364. The summed E-state index contributed by atoms with van der Waals surface area (Å²) in [7, 11) is 0. The van der Waals surface area contributed by atoms with Crippen LogP contribution in [0.25, 0.3) is 0 Å². The number of hydrogen-bond donors (Lipinski definition) is 2. The molecule has 1 unspecified atom stereocenters. The predicted molar refractivity (Wildman–Crippen MR) is 99.5 cm³/mol. The summed E-state index contributed by atoms with van der Waals surface area (Å²) in [6, 6.07) is 20.1. The van der Waals surface area contributed by atoms with Crippen molar-refractivity contribution in [2.24, 2.45) is 0 Å². The minimum atomic E-state index is -1.11. The third-order valence-electron chi connectivity index (χ3n) is 4.29. The summed E-state index contributed by atoms with van der Waals surface area (Å²) in [6.45, 7) is 10.0. The molecule has 0 fully saturated rings. The lowest BCUT2D eigenvalue weighted by molar-refractivity contribution is -0.953. The van der Waals surface area contributed by atoms with Gasteiger partial charge in [-0.05, 0) is 39.2 Å². The summed E-state index contributed by atoms with van der Waals surface area (Å²) < 4.78 is 0. The molecule has 2 atom stereocenters. The van der Waals surface area contributed by atoms with Crippen molar-refractivity contribution < 1.29 is 10.0 Å². The molecule has 0 heterocycles. The van der Waals surface area contributed by atoms with E-state index >= 15 is 0 Å². The monoisotopic (exact) mass is 322 g/mol. The number of quaternary nitrogens is 1. The lowest BCUT2D eigenvalue weighted by Crippen LogP contribution is -3.17. The van der Waals surface area contributed by atoms with Gasteiger partial charge in [0.2, 0.25) is 0 Å². The quantitative estimate of drug-likeness (QED) is 0.831. The Kier molecular flexibility index (Phi) is 5.83. The Hall–Kier alpha value is -2.08. The third kappa shape index (κ3) is 5.23. The number of nitrogens with one attached hydrogen (secondary N) is 1. The lowest BCUT2D eigenvalue weighted by Gasteiger charge is -2.31. The van der Waals surface area contributed by atoms with Crippen LogP contribution in [0.1, 0.15) is 38.8 Å². The minimum Gasteiger partial charge on any atom is -0.374 e. The second kappa shape index (κ2) is 7.66. The maximum atomic E-state index is 10.6. The van der Waals surface area contributed by atoms with Crippen molar-refractivity contribution in [3.63, 3.8) is 0 Å². The van der Waals surface area contributed by atoms with Crippen LogP contribution in [0.15, 0.2) is 60.7 Å². The summed E-state index contributed by atoms with van der Waals surface area (Å²) in [4.78, 5) is 1.38. The maximum Gasteiger partial charge on any atom is 0.148 e. The normalized spacial score (nSPS) is 15.0. The van der Waals surface area contributed by atoms with Crippen molar-refractivity contribution in [2.75, 3.05) is 6.54 Å². The van der Waals surface area contributed by atoms with E-state index < -0.39 is 5.60 Å². The van der Waals surface area contributed by atoms with Gasteiger partial charge in [-0.3, -0.25) is 0 Å². The first-order valence-corrected chi connectivity index (χ1v) is 8.46. The van der Waals surface area contributed by atoms with Gasteiger partial charge in [-0.2, -0.15) is 0 Å². The van der Waals surface area contributed by atoms with Gasteiger partial charge >= 0.3 is 0 Å². The second-order valence-corrected chi connectivity index (χ2v) is 7.43. The van der Waals surface area contributed by atoms with Gasteiger partial charge in [-0.15, -0.1) is 0 Å². The van der Waals surface area contributed by atoms with Gasteiger partial charge < -0.3 is 10.0 Å². The van der Waals surface area contributed by atoms with Crippen molar-refractivity contribution >= 4 is 0 Å². The lowest BCUT2D eigenvalue weighted by atomic mass is 9.97. The first kappa shape index (κ1) is 18.3. The zero-order valence-electron chi connectivity index (χ0n) is 15.1. The summed E-state index contributed by atoms with van der Waals surface area (Å²) in [5, 5.41) is 10.6. The molecule has 0 bridgehead atoms. The smallest absolute Gasteiger partial charge is 0.148 e. The molecule has 126 valence electrons. The fourth-order valence-electron chi connectivity index (χ4n) is 2.59. The van der Waals surface area contributed by atoms with Crippen molar-refractivity contribution in [2.45, 2.75) is 45.4 Å². The first-order valence-electron chi connectivity index (χ1n) is 8.46. The Morgan fingerprint density at radius 2 is 1.42 bits per heavy atom. The Labute approximate surface area is 146 Å². The van der Waals surface area contributed by atoms with E-state index in [4.69, 9.17) is 0 Å². The largest absolute Gasteiger partial charge is 0.374 e. The van der Waals surface area contributed by atoms with Crippen molar-refractivity contribution in [3.05, 3.63) is 71.8 Å². The molecule has 0 spiro atoms. The molecule has 2 heteroatoms. The molecule has 2 aromatic carbocycles. The summed E-state index contributed by atoms with van der Waals surface area (Å²) in [5.41, 5.74) is 1.11. The van der Waals surface area contributed by atoms with Crippen LogP contribution in [0.2, 0.25) is 0 Å². The van der Waals surface area contributed by atoms with Crippen molar-refractivity contribution in [3.8, 4) is 11.8 Å². The summed E-state index contributed by atoms with van der Waals surface area (Å²) in [5.74, 6) is 6.26. The van der Waals surface area contributed by atoms with Crippen LogP contribution >= 0.6 is 0 Å². The zero-order valence-corrected chi connectivity index (χ0v) is 15.1. The standard InChI is InChI=1S/C22H27NO/c1-21(2,3)23(18-19-12-7-5-8-13-19)17-11-16-22(4,24)20-14-9-6-10-15-20/h5-10,12-15,24H,17-18H2,1-4H3/p+1/t22-/m1/s1. The summed E-state index contributed by atoms with van der Waals surface area (Å²) in [6.07, 6.45) is 0. The molecule has 0 saturated heterocycles. The Morgan fingerprint density at radius 1 is 0.875 bits per heavy atom. The Morgan fingerprint density at radius 3 is 1.96 bits per heavy atom. The van der Waals surface area contributed by atoms with Crippen LogP contribution in [0.4, 0.5) is 0 Å². The topological polar surface area (TPSA) is 24.7 Å². The molecule has 2 nitrogen and oxygen atoms in total. The Balaban J connectivity index is 2.11. The third-order valence-corrected chi connectivity index (χ3v) is 4.29. The highest BCUT2D eigenvalue weighted by Crippen LogP contribution is 2.18. The van der Waals surface area contributed by atoms with Gasteiger partial charge in [0.15, 0.2) is 0 Å². The van der Waals surface area contributed by atoms with E-state index in [0.29, 0.717) is 6.54 Å². The van der Waals surface area contributed by atoms with Gasteiger partial charge in [-0.1, -0.05) is 66.6 Å². The first-order chi connectivity index (χ1) is 11.3. The van der Waals surface area contributed by atoms with E-state index in [1.807, 2.05) is 36.4 Å². The second-order valence-electron chi connectivity index (χ2n) is 7.43. The maximum absolute atomic E-state index is 10.6. The van der Waals surface area contributed by atoms with Crippen LogP contribution in [-0.4, -0.2) is 17.2 Å². The number of hydrogen-bond acceptors (Lipinski definition) is 1. The Bertz CT molecular complexity index is 687. The predicted octanol–water partition coefficient (Wildman–Crippen LogP) is 2.78. The highest BCUT2D eigenvalue weighted by atomic mass is 16.3. The molecule has 0 aliphatic carbocycles. The zero-order chi connectivity index (χ0) is 17.6.